The van der Waals surface area contributed by atoms with Gasteiger partial charge in [-0.15, -0.1) is 0 Å². The number of amides is 2. The Morgan fingerprint density at radius 3 is 2.17 bits per heavy atom. The average Bonchev–Trinajstić information content (AvgIpc) is 2.93. The van der Waals surface area contributed by atoms with Crippen molar-refractivity contribution in [3.8, 4) is 11.5 Å². The van der Waals surface area contributed by atoms with Gasteiger partial charge in [-0.1, -0.05) is 45.8 Å². The molecular formula is C30H36BrN3O6S. The largest absolute Gasteiger partial charge is 0.493 e. The summed E-state index contributed by atoms with van der Waals surface area (Å²) in [5.74, 6) is -0.275. The van der Waals surface area contributed by atoms with Gasteiger partial charge in [0.25, 0.3) is 10.0 Å². The molecular weight excluding hydrogens is 610 g/mol. The minimum absolute atomic E-state index is 0.0762. The molecule has 0 spiro atoms. The molecule has 0 saturated carbocycles. The SMILES string of the molecule is COc1ccc(S(=O)(=O)N(CC(=O)N(Cc2cccc(Br)c2)[C@@H](C)C(=O)NC(C)C)c2ccc(C)cc2)cc1OC. The molecule has 11 heteroatoms. The number of aryl methyl sites for hydroxylation is 1. The van der Waals surface area contributed by atoms with E-state index in [0.717, 1.165) is 19.9 Å². The number of carbonyl (C=O) groups is 2. The lowest BCUT2D eigenvalue weighted by atomic mass is 10.1. The molecule has 0 saturated heterocycles. The molecule has 0 aromatic heterocycles. The van der Waals surface area contributed by atoms with E-state index in [1.807, 2.05) is 45.0 Å². The van der Waals surface area contributed by atoms with Crippen LogP contribution in [0.3, 0.4) is 0 Å². The van der Waals surface area contributed by atoms with Gasteiger partial charge in [0.15, 0.2) is 11.5 Å². The number of nitrogens with one attached hydrogen (secondary N) is 1. The van der Waals surface area contributed by atoms with Gasteiger partial charge in [-0.2, -0.15) is 0 Å². The number of rotatable bonds is 12. The first-order valence-electron chi connectivity index (χ1n) is 13.0. The van der Waals surface area contributed by atoms with Crippen LogP contribution in [-0.2, 0) is 26.2 Å². The summed E-state index contributed by atoms with van der Waals surface area (Å²) in [6, 6.07) is 17.5. The number of hydrogen-bond donors (Lipinski definition) is 1. The van der Waals surface area contributed by atoms with Crippen LogP contribution < -0.4 is 19.1 Å². The first-order valence-corrected chi connectivity index (χ1v) is 15.3. The Balaban J connectivity index is 2.07. The predicted octanol–water partition coefficient (Wildman–Crippen LogP) is 4.91. The van der Waals surface area contributed by atoms with Gasteiger partial charge in [-0.3, -0.25) is 13.9 Å². The molecule has 9 nitrogen and oxygen atoms in total. The zero-order chi connectivity index (χ0) is 30.3. The number of sulfonamides is 1. The van der Waals surface area contributed by atoms with Crippen molar-refractivity contribution in [1.82, 2.24) is 10.2 Å². The monoisotopic (exact) mass is 645 g/mol. The van der Waals surface area contributed by atoms with Crippen molar-refractivity contribution < 1.29 is 27.5 Å². The third kappa shape index (κ3) is 8.01. The fraction of sp³-hybridized carbons (Fsp3) is 0.333. The maximum absolute atomic E-state index is 14.1. The van der Waals surface area contributed by atoms with Gasteiger partial charge in [0, 0.05) is 23.1 Å². The van der Waals surface area contributed by atoms with E-state index in [2.05, 4.69) is 21.2 Å². The Kier molecular flexibility index (Phi) is 10.8. The number of benzene rings is 3. The molecule has 0 aliphatic carbocycles. The molecule has 0 bridgehead atoms. The molecule has 0 aliphatic rings. The van der Waals surface area contributed by atoms with E-state index in [0.29, 0.717) is 11.4 Å². The van der Waals surface area contributed by atoms with Crippen LogP contribution in [0, 0.1) is 6.92 Å². The summed E-state index contributed by atoms with van der Waals surface area (Å²) in [4.78, 5) is 28.3. The summed E-state index contributed by atoms with van der Waals surface area (Å²) >= 11 is 3.45. The van der Waals surface area contributed by atoms with Gasteiger partial charge in [0.1, 0.15) is 12.6 Å². The zero-order valence-corrected chi connectivity index (χ0v) is 26.5. The second-order valence-electron chi connectivity index (χ2n) is 9.85. The summed E-state index contributed by atoms with van der Waals surface area (Å²) in [7, 11) is -1.38. The molecule has 0 radical (unpaired) electrons. The van der Waals surface area contributed by atoms with Crippen molar-refractivity contribution in [2.75, 3.05) is 25.1 Å². The lowest BCUT2D eigenvalue weighted by Gasteiger charge is -2.32. The van der Waals surface area contributed by atoms with Crippen molar-refractivity contribution >= 4 is 43.5 Å². The highest BCUT2D eigenvalue weighted by molar-refractivity contribution is 9.10. The van der Waals surface area contributed by atoms with Crippen LogP contribution in [0.15, 0.2) is 76.1 Å². The fourth-order valence-corrected chi connectivity index (χ4v) is 6.04. The molecule has 0 heterocycles. The van der Waals surface area contributed by atoms with Crippen LogP contribution in [0.25, 0.3) is 0 Å². The van der Waals surface area contributed by atoms with E-state index < -0.39 is 28.5 Å². The molecule has 2 amide bonds. The van der Waals surface area contributed by atoms with Crippen molar-refractivity contribution in [1.29, 1.82) is 0 Å². The lowest BCUT2D eigenvalue weighted by molar-refractivity contribution is -0.139. The van der Waals surface area contributed by atoms with Gasteiger partial charge in [-0.05, 0) is 69.7 Å². The number of ether oxygens (including phenoxy) is 2. The topological polar surface area (TPSA) is 105 Å². The highest BCUT2D eigenvalue weighted by Gasteiger charge is 2.33. The maximum atomic E-state index is 14.1. The van der Waals surface area contributed by atoms with E-state index in [-0.39, 0.29) is 29.1 Å². The highest BCUT2D eigenvalue weighted by atomic mass is 79.9. The Labute approximate surface area is 250 Å². The molecule has 41 heavy (non-hydrogen) atoms. The highest BCUT2D eigenvalue weighted by Crippen LogP contribution is 2.32. The third-order valence-electron chi connectivity index (χ3n) is 6.38. The minimum Gasteiger partial charge on any atom is -0.493 e. The molecule has 3 aromatic rings. The predicted molar refractivity (Wildman–Crippen MR) is 163 cm³/mol. The second-order valence-corrected chi connectivity index (χ2v) is 12.6. The summed E-state index contributed by atoms with van der Waals surface area (Å²) in [6.07, 6.45) is 0. The third-order valence-corrected chi connectivity index (χ3v) is 8.65. The van der Waals surface area contributed by atoms with Crippen LogP contribution in [0.1, 0.15) is 31.9 Å². The Morgan fingerprint density at radius 1 is 0.927 bits per heavy atom. The molecule has 1 atom stereocenters. The van der Waals surface area contributed by atoms with Gasteiger partial charge in [0.05, 0.1) is 24.8 Å². The first kappa shape index (κ1) is 32.0. The van der Waals surface area contributed by atoms with Gasteiger partial charge >= 0.3 is 0 Å². The molecule has 220 valence electrons. The van der Waals surface area contributed by atoms with Gasteiger partial charge in [0.2, 0.25) is 11.8 Å². The number of anilines is 1. The van der Waals surface area contributed by atoms with E-state index in [1.165, 1.54) is 37.3 Å². The Hall–Kier alpha value is -3.57. The molecule has 3 aromatic carbocycles. The van der Waals surface area contributed by atoms with Crippen molar-refractivity contribution in [2.45, 2.75) is 51.2 Å². The molecule has 3 rings (SSSR count). The van der Waals surface area contributed by atoms with Crippen LogP contribution >= 0.6 is 15.9 Å². The number of methoxy groups -OCH3 is 2. The van der Waals surface area contributed by atoms with Gasteiger partial charge < -0.3 is 19.7 Å². The van der Waals surface area contributed by atoms with Crippen LogP contribution in [0.4, 0.5) is 5.69 Å². The Morgan fingerprint density at radius 2 is 1.59 bits per heavy atom. The van der Waals surface area contributed by atoms with Crippen LogP contribution in [-0.4, -0.2) is 58.0 Å². The number of nitrogens with zero attached hydrogens (tertiary/aromatic N) is 2. The van der Waals surface area contributed by atoms with Crippen LogP contribution in [0.5, 0.6) is 11.5 Å². The molecule has 1 N–H and O–H groups in total. The average molecular weight is 647 g/mol. The molecule has 0 fully saturated rings. The summed E-state index contributed by atoms with van der Waals surface area (Å²) in [5.41, 5.74) is 2.01. The quantitative estimate of drug-likeness (QED) is 0.300. The molecule has 0 unspecified atom stereocenters. The number of hydrogen-bond acceptors (Lipinski definition) is 6. The smallest absolute Gasteiger partial charge is 0.264 e. The standard InChI is InChI=1S/C30H36BrN3O6S/c1-20(2)32-30(36)22(4)33(18-23-8-7-9-24(31)16-23)29(35)19-34(25-12-10-21(3)11-13-25)41(37,38)26-14-15-27(39-5)28(17-26)40-6/h7-17,20,22H,18-19H2,1-6H3,(H,32,36)/t22-/m0/s1. The summed E-state index contributed by atoms with van der Waals surface area (Å²) in [6.45, 7) is 6.75. The maximum Gasteiger partial charge on any atom is 0.264 e. The second kappa shape index (κ2) is 13.9. The first-order chi connectivity index (χ1) is 19.4. The van der Waals surface area contributed by atoms with E-state index in [4.69, 9.17) is 9.47 Å². The summed E-state index contributed by atoms with van der Waals surface area (Å²) < 4.78 is 40.6. The lowest BCUT2D eigenvalue weighted by Crippen LogP contribution is -2.52. The van der Waals surface area contributed by atoms with E-state index in [1.54, 1.807) is 31.2 Å². The number of carbonyl (C=O) groups excluding carboxylic acids is 2. The Bertz CT molecular complexity index is 1480. The van der Waals surface area contributed by atoms with E-state index in [9.17, 15) is 18.0 Å². The minimum atomic E-state index is -4.26. The summed E-state index contributed by atoms with van der Waals surface area (Å²) in [5, 5.41) is 2.85. The van der Waals surface area contributed by atoms with Crippen LogP contribution in [0.2, 0.25) is 0 Å². The van der Waals surface area contributed by atoms with E-state index >= 15 is 0 Å². The van der Waals surface area contributed by atoms with Crippen molar-refractivity contribution in [3.63, 3.8) is 0 Å². The van der Waals surface area contributed by atoms with Gasteiger partial charge in [-0.25, -0.2) is 8.42 Å². The van der Waals surface area contributed by atoms with Crippen molar-refractivity contribution in [3.05, 3.63) is 82.3 Å². The zero-order valence-electron chi connectivity index (χ0n) is 24.0. The fourth-order valence-electron chi connectivity index (χ4n) is 4.16. The van der Waals surface area contributed by atoms with Crippen molar-refractivity contribution in [2.24, 2.45) is 0 Å². The normalized spacial score (nSPS) is 12.0. The molecule has 0 aliphatic heterocycles. The number of halogens is 1.